The number of likely N-dealkylation sites (N-methyl/N-ethyl adjacent to an activating group) is 1. The summed E-state index contributed by atoms with van der Waals surface area (Å²) in [6.07, 6.45) is 3.87. The largest absolute Gasteiger partial charge is 0.409 e. The van der Waals surface area contributed by atoms with E-state index in [1.54, 1.807) is 0 Å². The molecule has 0 bridgehead atoms. The van der Waals surface area contributed by atoms with E-state index in [1.807, 2.05) is 24.3 Å². The zero-order chi connectivity index (χ0) is 14.6. The van der Waals surface area contributed by atoms with Gasteiger partial charge in [0.15, 0.2) is 5.84 Å². The molecule has 0 heterocycles. The molecular weight excluding hydrogens is 252 g/mol. The van der Waals surface area contributed by atoms with Gasteiger partial charge in [0.1, 0.15) is 0 Å². The van der Waals surface area contributed by atoms with E-state index in [-0.39, 0.29) is 5.84 Å². The average molecular weight is 276 g/mol. The highest BCUT2D eigenvalue weighted by Crippen LogP contribution is 2.35. The van der Waals surface area contributed by atoms with Gasteiger partial charge in [-0.05, 0) is 38.9 Å². The Kier molecular flexibility index (Phi) is 4.62. The molecule has 1 aliphatic carbocycles. The summed E-state index contributed by atoms with van der Waals surface area (Å²) in [6, 6.07) is 7.75. The summed E-state index contributed by atoms with van der Waals surface area (Å²) in [4.78, 5) is 2.34. The maximum Gasteiger partial charge on any atom is 0.170 e. The average Bonchev–Trinajstić information content (AvgIpc) is 2.41. The van der Waals surface area contributed by atoms with E-state index in [0.29, 0.717) is 5.54 Å². The Morgan fingerprint density at radius 1 is 1.35 bits per heavy atom. The van der Waals surface area contributed by atoms with Crippen LogP contribution in [0.3, 0.4) is 0 Å². The Bertz CT molecular complexity index is 463. The van der Waals surface area contributed by atoms with Crippen LogP contribution in [-0.4, -0.2) is 42.1 Å². The van der Waals surface area contributed by atoms with Crippen LogP contribution in [0.1, 0.15) is 30.4 Å². The minimum absolute atomic E-state index is 0.144. The van der Waals surface area contributed by atoms with Crippen LogP contribution in [0.2, 0.25) is 0 Å². The van der Waals surface area contributed by atoms with Crippen molar-refractivity contribution in [3.8, 4) is 0 Å². The molecular formula is C15H24N4O. The first-order chi connectivity index (χ1) is 9.57. The highest BCUT2D eigenvalue weighted by molar-refractivity contribution is 5.96. The smallest absolute Gasteiger partial charge is 0.170 e. The van der Waals surface area contributed by atoms with E-state index in [4.69, 9.17) is 10.9 Å². The number of amidine groups is 1. The van der Waals surface area contributed by atoms with Crippen LogP contribution in [0.15, 0.2) is 29.4 Å². The lowest BCUT2D eigenvalue weighted by atomic mass is 9.75. The number of hydrogen-bond acceptors (Lipinski definition) is 4. The van der Waals surface area contributed by atoms with Crippen molar-refractivity contribution in [1.29, 1.82) is 0 Å². The molecule has 1 aromatic carbocycles. The molecule has 0 aromatic heterocycles. The highest BCUT2D eigenvalue weighted by Gasteiger charge is 2.38. The highest BCUT2D eigenvalue weighted by atomic mass is 16.4. The van der Waals surface area contributed by atoms with Crippen molar-refractivity contribution in [2.75, 3.05) is 20.6 Å². The van der Waals surface area contributed by atoms with Gasteiger partial charge in [-0.1, -0.05) is 29.4 Å². The number of nitrogens with zero attached hydrogens (tertiary/aromatic N) is 2. The minimum atomic E-state index is 0.144. The fraction of sp³-hybridized carbons (Fsp3) is 0.533. The summed E-state index contributed by atoms with van der Waals surface area (Å²) in [5, 5.41) is 15.2. The summed E-state index contributed by atoms with van der Waals surface area (Å²) in [6.45, 7) is 1.86. The summed E-state index contributed by atoms with van der Waals surface area (Å²) >= 11 is 0. The van der Waals surface area contributed by atoms with Gasteiger partial charge in [0.2, 0.25) is 0 Å². The first-order valence-corrected chi connectivity index (χ1v) is 7.02. The van der Waals surface area contributed by atoms with Crippen molar-refractivity contribution >= 4 is 5.84 Å². The number of benzene rings is 1. The van der Waals surface area contributed by atoms with E-state index in [0.717, 1.165) is 18.7 Å². The quantitative estimate of drug-likeness (QED) is 0.317. The summed E-state index contributed by atoms with van der Waals surface area (Å²) in [5.74, 6) is 0.144. The zero-order valence-corrected chi connectivity index (χ0v) is 12.3. The number of rotatable bonds is 6. The van der Waals surface area contributed by atoms with Gasteiger partial charge in [0.25, 0.3) is 0 Å². The fourth-order valence-electron chi connectivity index (χ4n) is 2.66. The number of nitrogens with one attached hydrogen (secondary N) is 1. The van der Waals surface area contributed by atoms with Crippen LogP contribution in [0.4, 0.5) is 0 Å². The molecule has 20 heavy (non-hydrogen) atoms. The predicted octanol–water partition coefficient (Wildman–Crippen LogP) is 1.36. The molecule has 1 aliphatic rings. The third-order valence-corrected chi connectivity index (χ3v) is 4.37. The molecule has 1 saturated carbocycles. The third kappa shape index (κ3) is 3.11. The summed E-state index contributed by atoms with van der Waals surface area (Å²) in [5.41, 5.74) is 7.82. The topological polar surface area (TPSA) is 73.9 Å². The van der Waals surface area contributed by atoms with Gasteiger partial charge in [-0.25, -0.2) is 0 Å². The van der Waals surface area contributed by atoms with E-state index in [1.165, 1.54) is 24.8 Å². The number of nitrogens with two attached hydrogens (primary N) is 1. The van der Waals surface area contributed by atoms with E-state index in [2.05, 4.69) is 29.5 Å². The zero-order valence-electron chi connectivity index (χ0n) is 12.3. The number of oxime groups is 1. The first-order valence-electron chi connectivity index (χ1n) is 7.02. The monoisotopic (exact) mass is 276 g/mol. The van der Waals surface area contributed by atoms with Crippen LogP contribution >= 0.6 is 0 Å². The van der Waals surface area contributed by atoms with E-state index < -0.39 is 0 Å². The number of hydrogen-bond donors (Lipinski definition) is 3. The standard InChI is InChI=1S/C15H24N4O/c1-19(2)15(8-3-9-15)11-17-10-12-4-6-13(7-5-12)14(16)18-20/h4-7,17,20H,3,8-11H2,1-2H3,(H2,16,18). The predicted molar refractivity (Wildman–Crippen MR) is 80.9 cm³/mol. The van der Waals surface area contributed by atoms with Gasteiger partial charge in [-0.3, -0.25) is 0 Å². The van der Waals surface area contributed by atoms with Crippen molar-refractivity contribution in [2.24, 2.45) is 10.9 Å². The molecule has 0 radical (unpaired) electrons. The Hall–Kier alpha value is -1.59. The molecule has 0 aliphatic heterocycles. The van der Waals surface area contributed by atoms with Crippen molar-refractivity contribution in [3.63, 3.8) is 0 Å². The summed E-state index contributed by atoms with van der Waals surface area (Å²) in [7, 11) is 4.32. The van der Waals surface area contributed by atoms with E-state index in [9.17, 15) is 0 Å². The Morgan fingerprint density at radius 3 is 2.45 bits per heavy atom. The van der Waals surface area contributed by atoms with Crippen molar-refractivity contribution in [2.45, 2.75) is 31.3 Å². The molecule has 4 N–H and O–H groups in total. The lowest BCUT2D eigenvalue weighted by molar-refractivity contribution is 0.0598. The Balaban J connectivity index is 1.85. The van der Waals surface area contributed by atoms with Crippen molar-refractivity contribution in [1.82, 2.24) is 10.2 Å². The second-order valence-corrected chi connectivity index (χ2v) is 5.76. The maximum absolute atomic E-state index is 8.62. The third-order valence-electron chi connectivity index (χ3n) is 4.37. The maximum atomic E-state index is 8.62. The fourth-order valence-corrected chi connectivity index (χ4v) is 2.66. The van der Waals surface area contributed by atoms with Crippen LogP contribution in [0.5, 0.6) is 0 Å². The SMILES string of the molecule is CN(C)C1(CNCc2ccc(/C(N)=N/O)cc2)CCC1. The second-order valence-electron chi connectivity index (χ2n) is 5.76. The molecule has 0 spiro atoms. The van der Waals surface area contributed by atoms with Crippen molar-refractivity contribution in [3.05, 3.63) is 35.4 Å². The van der Waals surface area contributed by atoms with Gasteiger partial charge in [0.05, 0.1) is 0 Å². The molecule has 0 amide bonds. The molecule has 0 atom stereocenters. The van der Waals surface area contributed by atoms with Crippen LogP contribution in [0.25, 0.3) is 0 Å². The molecule has 110 valence electrons. The lowest BCUT2D eigenvalue weighted by Gasteiger charge is -2.47. The molecule has 1 aromatic rings. The molecule has 0 saturated heterocycles. The lowest BCUT2D eigenvalue weighted by Crippen LogP contribution is -2.56. The molecule has 2 rings (SSSR count). The first kappa shape index (κ1) is 14.8. The Labute approximate surface area is 120 Å². The van der Waals surface area contributed by atoms with Gasteiger partial charge < -0.3 is 21.2 Å². The van der Waals surface area contributed by atoms with E-state index >= 15 is 0 Å². The van der Waals surface area contributed by atoms with Gasteiger partial charge in [-0.15, -0.1) is 0 Å². The molecule has 5 nitrogen and oxygen atoms in total. The molecule has 5 heteroatoms. The normalized spacial score (nSPS) is 18.1. The van der Waals surface area contributed by atoms with Gasteiger partial charge in [0, 0.05) is 24.2 Å². The molecule has 1 fully saturated rings. The Morgan fingerprint density at radius 2 is 2.00 bits per heavy atom. The van der Waals surface area contributed by atoms with Crippen LogP contribution in [0, 0.1) is 0 Å². The van der Waals surface area contributed by atoms with Gasteiger partial charge in [-0.2, -0.15) is 0 Å². The minimum Gasteiger partial charge on any atom is -0.409 e. The van der Waals surface area contributed by atoms with Crippen molar-refractivity contribution < 1.29 is 5.21 Å². The second kappa shape index (κ2) is 6.24. The summed E-state index contributed by atoms with van der Waals surface area (Å²) < 4.78 is 0. The van der Waals surface area contributed by atoms with Gasteiger partial charge >= 0.3 is 0 Å². The van der Waals surface area contributed by atoms with Crippen LogP contribution < -0.4 is 11.1 Å². The van der Waals surface area contributed by atoms with Crippen LogP contribution in [-0.2, 0) is 6.54 Å². The molecule has 0 unspecified atom stereocenters.